The van der Waals surface area contributed by atoms with E-state index >= 15 is 0 Å². The Balaban J connectivity index is 2.00. The van der Waals surface area contributed by atoms with Gasteiger partial charge < -0.3 is 0 Å². The van der Waals surface area contributed by atoms with Crippen molar-refractivity contribution in [2.45, 2.75) is 74.1 Å². The minimum atomic E-state index is 0.612. The molecule has 186 valence electrons. The van der Waals surface area contributed by atoms with Crippen LogP contribution in [0.5, 0.6) is 0 Å². The normalized spacial score (nSPS) is 12.1. The minimum absolute atomic E-state index is 0.612. The molecule has 3 aromatic carbocycles. The molecule has 36 heavy (non-hydrogen) atoms. The quantitative estimate of drug-likeness (QED) is 0.214. The van der Waals surface area contributed by atoms with Gasteiger partial charge in [0.15, 0.2) is 0 Å². The fourth-order valence-corrected chi connectivity index (χ4v) is 6.03. The predicted octanol–water partition coefficient (Wildman–Crippen LogP) is 9.14. The van der Waals surface area contributed by atoms with Gasteiger partial charge in [-0.05, 0) is 84.2 Å². The molecule has 0 radical (unpaired) electrons. The van der Waals surface area contributed by atoms with E-state index in [2.05, 4.69) is 107 Å². The van der Waals surface area contributed by atoms with Crippen molar-refractivity contribution in [2.75, 3.05) is 0 Å². The first-order valence-corrected chi connectivity index (χ1v) is 13.8. The Labute approximate surface area is 216 Å². The summed E-state index contributed by atoms with van der Waals surface area (Å²) < 4.78 is 2.49. The van der Waals surface area contributed by atoms with Crippen molar-refractivity contribution in [1.82, 2.24) is 9.38 Å². The van der Waals surface area contributed by atoms with E-state index in [1.54, 1.807) is 0 Å². The van der Waals surface area contributed by atoms with Crippen LogP contribution in [0.25, 0.3) is 38.6 Å². The zero-order valence-corrected chi connectivity index (χ0v) is 23.1. The van der Waals surface area contributed by atoms with E-state index in [-0.39, 0.29) is 0 Å². The van der Waals surface area contributed by atoms with Crippen molar-refractivity contribution in [1.29, 1.82) is 0 Å². The fourth-order valence-electron chi connectivity index (χ4n) is 6.03. The van der Waals surface area contributed by atoms with Crippen LogP contribution in [0.4, 0.5) is 0 Å². The predicted molar refractivity (Wildman–Crippen MR) is 156 cm³/mol. The highest BCUT2D eigenvalue weighted by Gasteiger charge is 2.22. The molecule has 0 bridgehead atoms. The molecule has 0 amide bonds. The van der Waals surface area contributed by atoms with Crippen LogP contribution in [0.2, 0.25) is 0 Å². The molecule has 0 saturated carbocycles. The molecular weight excluding hydrogens is 436 g/mol. The first-order chi connectivity index (χ1) is 17.3. The number of imidazole rings is 1. The molecule has 0 fully saturated rings. The van der Waals surface area contributed by atoms with Crippen LogP contribution >= 0.6 is 0 Å². The van der Waals surface area contributed by atoms with Crippen LogP contribution in [0.15, 0.2) is 54.6 Å². The first kappa shape index (κ1) is 24.6. The zero-order chi connectivity index (χ0) is 25.6. The summed E-state index contributed by atoms with van der Waals surface area (Å²) in [4.78, 5) is 5.24. The number of hydrogen-bond donors (Lipinski definition) is 0. The lowest BCUT2D eigenvalue weighted by molar-refractivity contribution is 0.616. The van der Waals surface area contributed by atoms with Gasteiger partial charge in [-0.3, -0.25) is 4.40 Å². The monoisotopic (exact) mass is 476 g/mol. The molecular formula is C34H40N2. The second kappa shape index (κ2) is 9.73. The summed E-state index contributed by atoms with van der Waals surface area (Å²) in [5.74, 6) is 1.23. The number of aromatic nitrogens is 2. The molecule has 5 aromatic rings. The smallest absolute Gasteiger partial charge is 0.145 e. The summed E-state index contributed by atoms with van der Waals surface area (Å²) in [6.45, 7) is 16.0. The van der Waals surface area contributed by atoms with E-state index in [0.717, 1.165) is 37.0 Å². The third-order valence-corrected chi connectivity index (χ3v) is 7.56. The van der Waals surface area contributed by atoms with Crippen LogP contribution in [0.1, 0.15) is 69.5 Å². The van der Waals surface area contributed by atoms with Gasteiger partial charge in [0.05, 0.1) is 16.9 Å². The van der Waals surface area contributed by atoms with Crippen LogP contribution in [-0.4, -0.2) is 9.38 Å². The summed E-state index contributed by atoms with van der Waals surface area (Å²) in [7, 11) is 0. The van der Waals surface area contributed by atoms with Crippen LogP contribution in [0, 0.1) is 18.8 Å². The van der Waals surface area contributed by atoms with E-state index in [1.807, 2.05) is 0 Å². The van der Waals surface area contributed by atoms with Crippen molar-refractivity contribution in [3.63, 3.8) is 0 Å². The Bertz CT molecular complexity index is 1540. The van der Waals surface area contributed by atoms with Crippen LogP contribution < -0.4 is 0 Å². The Morgan fingerprint density at radius 3 is 1.86 bits per heavy atom. The largest absolute Gasteiger partial charge is 0.291 e. The molecule has 0 aliphatic heterocycles. The molecule has 2 heteroatoms. The molecule has 0 aliphatic carbocycles. The summed E-state index contributed by atoms with van der Waals surface area (Å²) in [6.07, 6.45) is 4.23. The Morgan fingerprint density at radius 1 is 0.694 bits per heavy atom. The lowest BCUT2D eigenvalue weighted by atomic mass is 9.90. The lowest BCUT2D eigenvalue weighted by Crippen LogP contribution is -2.05. The first-order valence-electron chi connectivity index (χ1n) is 13.8. The van der Waals surface area contributed by atoms with Gasteiger partial charge in [-0.1, -0.05) is 84.0 Å². The number of nitrogens with zero attached hydrogens (tertiary/aromatic N) is 2. The third kappa shape index (κ3) is 4.11. The maximum Gasteiger partial charge on any atom is 0.145 e. The minimum Gasteiger partial charge on any atom is -0.291 e. The summed E-state index contributed by atoms with van der Waals surface area (Å²) in [5, 5.41) is 3.88. The Morgan fingerprint density at radius 2 is 1.28 bits per heavy atom. The number of benzene rings is 3. The van der Waals surface area contributed by atoms with E-state index in [4.69, 9.17) is 4.98 Å². The summed E-state index contributed by atoms with van der Waals surface area (Å²) >= 11 is 0. The van der Waals surface area contributed by atoms with Gasteiger partial charge in [-0.2, -0.15) is 0 Å². The Kier molecular flexibility index (Phi) is 6.64. The highest BCUT2D eigenvalue weighted by atomic mass is 15.0. The van der Waals surface area contributed by atoms with Crippen molar-refractivity contribution >= 4 is 27.3 Å². The SMILES string of the molecule is CCc1cccc(CC)c1-c1c(C)nc2c3ccccc3c3cc(CC(C)C)c(CC(C)C)cc3n12. The van der Waals surface area contributed by atoms with E-state index in [9.17, 15) is 0 Å². The van der Waals surface area contributed by atoms with Crippen LogP contribution in [0.3, 0.4) is 0 Å². The van der Waals surface area contributed by atoms with E-state index < -0.39 is 0 Å². The highest BCUT2D eigenvalue weighted by Crippen LogP contribution is 2.39. The topological polar surface area (TPSA) is 17.3 Å². The fraction of sp³-hybridized carbons (Fsp3) is 0.382. The molecule has 2 heterocycles. The molecule has 0 atom stereocenters. The average molecular weight is 477 g/mol. The molecule has 0 unspecified atom stereocenters. The van der Waals surface area contributed by atoms with Gasteiger partial charge in [0, 0.05) is 16.3 Å². The van der Waals surface area contributed by atoms with E-state index in [0.29, 0.717) is 11.8 Å². The molecule has 0 saturated heterocycles. The van der Waals surface area contributed by atoms with Crippen LogP contribution in [-0.2, 0) is 25.7 Å². The molecule has 0 spiro atoms. The molecule has 2 aromatic heterocycles. The average Bonchev–Trinajstić information content (AvgIpc) is 3.20. The number of fused-ring (bicyclic) bond motifs is 6. The van der Waals surface area contributed by atoms with Crippen molar-refractivity contribution in [3.05, 3.63) is 82.5 Å². The Hall–Kier alpha value is -3.13. The van der Waals surface area contributed by atoms with Gasteiger partial charge >= 0.3 is 0 Å². The zero-order valence-electron chi connectivity index (χ0n) is 23.1. The maximum atomic E-state index is 5.24. The van der Waals surface area contributed by atoms with Gasteiger partial charge in [0.25, 0.3) is 0 Å². The molecule has 0 N–H and O–H groups in total. The standard InChI is InChI=1S/C34H40N2/c1-8-24-13-12-14-25(9-2)32(24)33-23(7)35-34-29-16-11-10-15-28(29)30-19-26(17-21(3)4)27(18-22(5)6)20-31(30)36(33)34/h10-16,19-22H,8-9,17-18H2,1-7H3. The van der Waals surface area contributed by atoms with Gasteiger partial charge in [-0.15, -0.1) is 0 Å². The molecule has 5 rings (SSSR count). The maximum absolute atomic E-state index is 5.24. The summed E-state index contributed by atoms with van der Waals surface area (Å²) in [6, 6.07) is 20.6. The van der Waals surface area contributed by atoms with E-state index in [1.165, 1.54) is 55.2 Å². The van der Waals surface area contributed by atoms with Crippen molar-refractivity contribution < 1.29 is 0 Å². The number of aryl methyl sites for hydroxylation is 3. The third-order valence-electron chi connectivity index (χ3n) is 7.56. The number of hydrogen-bond acceptors (Lipinski definition) is 1. The second-order valence-corrected chi connectivity index (χ2v) is 11.2. The summed E-state index contributed by atoms with van der Waals surface area (Å²) in [5.41, 5.74) is 11.9. The number of pyridine rings is 1. The van der Waals surface area contributed by atoms with Gasteiger partial charge in [0.1, 0.15) is 5.65 Å². The number of rotatable bonds is 7. The van der Waals surface area contributed by atoms with Gasteiger partial charge in [-0.25, -0.2) is 4.98 Å². The lowest BCUT2D eigenvalue weighted by Gasteiger charge is -2.19. The van der Waals surface area contributed by atoms with Crippen molar-refractivity contribution in [3.8, 4) is 11.3 Å². The van der Waals surface area contributed by atoms with Gasteiger partial charge in [0.2, 0.25) is 0 Å². The van der Waals surface area contributed by atoms with Crippen molar-refractivity contribution in [2.24, 2.45) is 11.8 Å². The molecule has 0 aliphatic rings. The second-order valence-electron chi connectivity index (χ2n) is 11.2. The highest BCUT2D eigenvalue weighted by molar-refractivity contribution is 6.13. The molecule has 2 nitrogen and oxygen atoms in total.